The summed E-state index contributed by atoms with van der Waals surface area (Å²) in [7, 11) is 0. The average molecular weight is 778 g/mol. The summed E-state index contributed by atoms with van der Waals surface area (Å²) < 4.78 is 0. The highest BCUT2D eigenvalue weighted by atomic mass is 16.3. The summed E-state index contributed by atoms with van der Waals surface area (Å²) in [5.74, 6) is -0.0529. The molecule has 0 spiro atoms. The molecule has 4 nitrogen and oxygen atoms in total. The van der Waals surface area contributed by atoms with Crippen LogP contribution in [-0.2, 0) is 4.79 Å². The molecule has 0 aromatic carbocycles. The number of aliphatic hydroxyl groups is 2. The summed E-state index contributed by atoms with van der Waals surface area (Å²) in [4.78, 5) is 12.4. The summed E-state index contributed by atoms with van der Waals surface area (Å²) in [6.07, 6.45) is 68.1. The van der Waals surface area contributed by atoms with Gasteiger partial charge in [-0.05, 0) is 70.6 Å². The first-order chi connectivity index (χ1) is 27.7. The molecule has 56 heavy (non-hydrogen) atoms. The quantitative estimate of drug-likeness (QED) is 0.0427. The highest BCUT2D eigenvalue weighted by molar-refractivity contribution is 5.76. The van der Waals surface area contributed by atoms with Crippen molar-refractivity contribution in [3.05, 3.63) is 85.1 Å². The molecule has 0 aromatic heterocycles. The van der Waals surface area contributed by atoms with Gasteiger partial charge in [-0.1, -0.05) is 227 Å². The lowest BCUT2D eigenvalue weighted by Crippen LogP contribution is -2.45. The highest BCUT2D eigenvalue weighted by Crippen LogP contribution is 2.15. The Hall–Kier alpha value is -2.43. The van der Waals surface area contributed by atoms with Crippen LogP contribution < -0.4 is 5.32 Å². The molecule has 0 aliphatic rings. The molecule has 0 bridgehead atoms. The van der Waals surface area contributed by atoms with Gasteiger partial charge < -0.3 is 15.5 Å². The van der Waals surface area contributed by atoms with Gasteiger partial charge in [-0.15, -0.1) is 0 Å². The zero-order valence-electron chi connectivity index (χ0n) is 36.9. The normalized spacial score (nSPS) is 13.7. The van der Waals surface area contributed by atoms with Crippen LogP contribution in [0.15, 0.2) is 85.1 Å². The van der Waals surface area contributed by atoms with Crippen LogP contribution in [0.5, 0.6) is 0 Å². The minimum absolute atomic E-state index is 0.0529. The van der Waals surface area contributed by atoms with Gasteiger partial charge in [0.2, 0.25) is 5.91 Å². The molecule has 2 unspecified atom stereocenters. The second-order valence-electron chi connectivity index (χ2n) is 15.8. The number of nitrogens with one attached hydrogen (secondary N) is 1. The average Bonchev–Trinajstić information content (AvgIpc) is 3.20. The van der Waals surface area contributed by atoms with E-state index in [-0.39, 0.29) is 12.5 Å². The van der Waals surface area contributed by atoms with Crippen LogP contribution in [0, 0.1) is 0 Å². The third-order valence-electron chi connectivity index (χ3n) is 10.4. The fourth-order valence-electron chi connectivity index (χ4n) is 6.81. The fraction of sp³-hybridized carbons (Fsp3) is 0.712. The van der Waals surface area contributed by atoms with Crippen molar-refractivity contribution in [1.82, 2.24) is 5.32 Å². The SMILES string of the molecule is CC/C=C\C/C=C\C/C=C\C/C=C\C/C=C\C/C=C\C/C=C\CCCCCCCC(=O)NC(CO)C(O)CCCCCCCCCCCCCCCCCCC. The summed E-state index contributed by atoms with van der Waals surface area (Å²) in [6, 6.07) is -0.553. The largest absolute Gasteiger partial charge is 0.394 e. The fourth-order valence-corrected chi connectivity index (χ4v) is 6.81. The van der Waals surface area contributed by atoms with Crippen molar-refractivity contribution in [1.29, 1.82) is 0 Å². The predicted octanol–water partition coefficient (Wildman–Crippen LogP) is 15.2. The third kappa shape index (κ3) is 42.7. The Bertz CT molecular complexity index is 1020. The summed E-state index contributed by atoms with van der Waals surface area (Å²) >= 11 is 0. The van der Waals surface area contributed by atoms with Crippen LogP contribution in [0.4, 0.5) is 0 Å². The number of amides is 1. The zero-order chi connectivity index (χ0) is 40.7. The van der Waals surface area contributed by atoms with E-state index in [1.165, 1.54) is 109 Å². The molecule has 0 heterocycles. The number of allylic oxidation sites excluding steroid dienone is 14. The maximum Gasteiger partial charge on any atom is 0.220 e. The van der Waals surface area contributed by atoms with Gasteiger partial charge in [-0.25, -0.2) is 0 Å². The highest BCUT2D eigenvalue weighted by Gasteiger charge is 2.20. The first-order valence-electron chi connectivity index (χ1n) is 23.8. The van der Waals surface area contributed by atoms with E-state index in [0.717, 1.165) is 83.5 Å². The van der Waals surface area contributed by atoms with Gasteiger partial charge in [0.25, 0.3) is 0 Å². The van der Waals surface area contributed by atoms with Crippen molar-refractivity contribution in [2.75, 3.05) is 6.61 Å². The van der Waals surface area contributed by atoms with Crippen LogP contribution in [0.1, 0.15) is 219 Å². The summed E-state index contributed by atoms with van der Waals surface area (Å²) in [5, 5.41) is 23.2. The number of hydrogen-bond donors (Lipinski definition) is 3. The van der Waals surface area contributed by atoms with Gasteiger partial charge in [0.1, 0.15) is 0 Å². The molecule has 0 aliphatic heterocycles. The molecule has 3 N–H and O–H groups in total. The van der Waals surface area contributed by atoms with Crippen molar-refractivity contribution in [3.8, 4) is 0 Å². The monoisotopic (exact) mass is 778 g/mol. The smallest absolute Gasteiger partial charge is 0.220 e. The van der Waals surface area contributed by atoms with Gasteiger partial charge in [-0.2, -0.15) is 0 Å². The Kier molecular flexibility index (Phi) is 44.9. The van der Waals surface area contributed by atoms with Crippen molar-refractivity contribution in [3.63, 3.8) is 0 Å². The van der Waals surface area contributed by atoms with E-state index in [4.69, 9.17) is 0 Å². The van der Waals surface area contributed by atoms with E-state index < -0.39 is 12.1 Å². The lowest BCUT2D eigenvalue weighted by atomic mass is 10.0. The van der Waals surface area contributed by atoms with E-state index in [1.807, 2.05) is 0 Å². The Balaban J connectivity index is 3.63. The van der Waals surface area contributed by atoms with Crippen LogP contribution in [-0.4, -0.2) is 34.9 Å². The number of hydrogen-bond acceptors (Lipinski definition) is 3. The van der Waals surface area contributed by atoms with Crippen molar-refractivity contribution >= 4 is 5.91 Å². The third-order valence-corrected chi connectivity index (χ3v) is 10.4. The van der Waals surface area contributed by atoms with Crippen molar-refractivity contribution in [2.24, 2.45) is 0 Å². The minimum Gasteiger partial charge on any atom is -0.394 e. The van der Waals surface area contributed by atoms with Crippen LogP contribution in [0.3, 0.4) is 0 Å². The van der Waals surface area contributed by atoms with Gasteiger partial charge in [0, 0.05) is 6.42 Å². The molecule has 322 valence electrons. The van der Waals surface area contributed by atoms with Crippen LogP contribution in [0.25, 0.3) is 0 Å². The molecule has 0 rings (SSSR count). The molecular formula is C52H91NO3. The standard InChI is InChI=1S/C52H91NO3/c1-3-5-7-9-11-13-15-17-19-21-22-23-24-25-26-27-28-29-30-32-34-36-38-40-42-44-46-48-52(56)53-50(49-54)51(55)47-45-43-41-39-37-35-33-31-20-18-16-14-12-10-8-6-4-2/h5,7,11,13,17,19,22-23,25-26,28-29,32,34,50-51,54-55H,3-4,6,8-10,12,14-16,18,20-21,24,27,30-31,33,35-49H2,1-2H3,(H,53,56)/b7-5-,13-11-,19-17-,23-22-,26-25-,29-28-,34-32-. The Morgan fingerprint density at radius 1 is 0.446 bits per heavy atom. The van der Waals surface area contributed by atoms with E-state index >= 15 is 0 Å². The molecule has 0 radical (unpaired) electrons. The molecule has 0 aromatic rings. The lowest BCUT2D eigenvalue weighted by molar-refractivity contribution is -0.123. The second-order valence-corrected chi connectivity index (χ2v) is 15.8. The summed E-state index contributed by atoms with van der Waals surface area (Å²) in [5.41, 5.74) is 0. The van der Waals surface area contributed by atoms with Gasteiger partial charge in [-0.3, -0.25) is 4.79 Å². The number of aliphatic hydroxyl groups excluding tert-OH is 2. The van der Waals surface area contributed by atoms with Crippen molar-refractivity contribution < 1.29 is 15.0 Å². The summed E-state index contributed by atoms with van der Waals surface area (Å²) in [6.45, 7) is 4.24. The lowest BCUT2D eigenvalue weighted by Gasteiger charge is -2.22. The maximum atomic E-state index is 12.4. The number of carbonyl (C=O) groups is 1. The van der Waals surface area contributed by atoms with Crippen LogP contribution in [0.2, 0.25) is 0 Å². The van der Waals surface area contributed by atoms with Gasteiger partial charge in [0.15, 0.2) is 0 Å². The van der Waals surface area contributed by atoms with Gasteiger partial charge in [0.05, 0.1) is 18.8 Å². The number of carbonyl (C=O) groups excluding carboxylic acids is 1. The van der Waals surface area contributed by atoms with E-state index in [2.05, 4.69) is 104 Å². The molecule has 1 amide bonds. The van der Waals surface area contributed by atoms with E-state index in [0.29, 0.717) is 12.8 Å². The molecule has 0 saturated heterocycles. The minimum atomic E-state index is -0.673. The first-order valence-corrected chi connectivity index (χ1v) is 23.8. The number of rotatable bonds is 42. The predicted molar refractivity (Wildman–Crippen MR) is 248 cm³/mol. The Morgan fingerprint density at radius 2 is 0.786 bits per heavy atom. The first kappa shape index (κ1) is 53.6. The van der Waals surface area contributed by atoms with E-state index in [1.54, 1.807) is 0 Å². The van der Waals surface area contributed by atoms with Crippen LogP contribution >= 0.6 is 0 Å². The van der Waals surface area contributed by atoms with E-state index in [9.17, 15) is 15.0 Å². The Morgan fingerprint density at radius 3 is 1.18 bits per heavy atom. The van der Waals surface area contributed by atoms with Gasteiger partial charge >= 0.3 is 0 Å². The molecule has 0 saturated carbocycles. The second kappa shape index (κ2) is 46.9. The molecule has 0 aliphatic carbocycles. The molecule has 2 atom stereocenters. The molecular weight excluding hydrogens is 687 g/mol. The number of unbranched alkanes of at least 4 members (excludes halogenated alkanes) is 21. The zero-order valence-corrected chi connectivity index (χ0v) is 36.9. The maximum absolute atomic E-state index is 12.4. The Labute approximate surface area is 348 Å². The van der Waals surface area contributed by atoms with Crippen molar-refractivity contribution in [2.45, 2.75) is 231 Å². The molecule has 0 fully saturated rings. The topological polar surface area (TPSA) is 69.6 Å². The molecule has 4 heteroatoms.